The third kappa shape index (κ3) is 4.41. The largest absolute Gasteiger partial charge is 0.495 e. The number of anilines is 1. The first kappa shape index (κ1) is 18.4. The first-order valence-electron chi connectivity index (χ1n) is 8.62. The lowest BCUT2D eigenvalue weighted by Gasteiger charge is -2.36. The van der Waals surface area contributed by atoms with Crippen LogP contribution in [0.4, 0.5) is 5.69 Å². The van der Waals surface area contributed by atoms with Gasteiger partial charge in [0.05, 0.1) is 12.8 Å². The van der Waals surface area contributed by atoms with Crippen molar-refractivity contribution in [2.45, 2.75) is 6.92 Å². The Morgan fingerprint density at radius 2 is 1.77 bits per heavy atom. The Kier molecular flexibility index (Phi) is 5.89. The van der Waals surface area contributed by atoms with Crippen LogP contribution in [-0.4, -0.2) is 50.7 Å². The Morgan fingerprint density at radius 3 is 2.42 bits per heavy atom. The molecule has 0 bridgehead atoms. The van der Waals surface area contributed by atoms with Crippen molar-refractivity contribution in [3.05, 3.63) is 53.1 Å². The minimum Gasteiger partial charge on any atom is -0.495 e. The topological polar surface area (TPSA) is 42.0 Å². The van der Waals surface area contributed by atoms with Crippen molar-refractivity contribution in [3.8, 4) is 11.5 Å². The average molecular weight is 375 g/mol. The summed E-state index contributed by atoms with van der Waals surface area (Å²) >= 11 is 6.12. The fraction of sp³-hybridized carbons (Fsp3) is 0.350. The van der Waals surface area contributed by atoms with Crippen molar-refractivity contribution in [3.63, 3.8) is 0 Å². The van der Waals surface area contributed by atoms with E-state index in [-0.39, 0.29) is 12.5 Å². The first-order valence-corrected chi connectivity index (χ1v) is 9.00. The van der Waals surface area contributed by atoms with E-state index in [9.17, 15) is 4.79 Å². The van der Waals surface area contributed by atoms with Crippen molar-refractivity contribution >= 4 is 23.2 Å². The number of nitrogens with zero attached hydrogens (tertiary/aromatic N) is 2. The van der Waals surface area contributed by atoms with Crippen LogP contribution in [0.5, 0.6) is 11.5 Å². The van der Waals surface area contributed by atoms with Gasteiger partial charge in [0.2, 0.25) is 0 Å². The minimum absolute atomic E-state index is 0.00304. The van der Waals surface area contributed by atoms with Gasteiger partial charge < -0.3 is 19.3 Å². The van der Waals surface area contributed by atoms with E-state index in [0.29, 0.717) is 23.9 Å². The quantitative estimate of drug-likeness (QED) is 0.804. The van der Waals surface area contributed by atoms with E-state index >= 15 is 0 Å². The molecule has 0 unspecified atom stereocenters. The van der Waals surface area contributed by atoms with E-state index in [1.54, 1.807) is 7.11 Å². The zero-order valence-corrected chi connectivity index (χ0v) is 15.8. The van der Waals surface area contributed by atoms with Crippen molar-refractivity contribution in [1.82, 2.24) is 4.90 Å². The van der Waals surface area contributed by atoms with Crippen molar-refractivity contribution in [1.29, 1.82) is 0 Å². The SMILES string of the molecule is COc1ccc(Cl)cc1N1CCN(C(=O)COc2ccc(C)cc2)CC1. The molecule has 0 aromatic heterocycles. The number of ether oxygens (including phenoxy) is 2. The molecule has 1 fully saturated rings. The van der Waals surface area contributed by atoms with Gasteiger partial charge in [-0.15, -0.1) is 0 Å². The van der Waals surface area contributed by atoms with Gasteiger partial charge in [0.1, 0.15) is 11.5 Å². The number of hydrogen-bond acceptors (Lipinski definition) is 4. The lowest BCUT2D eigenvalue weighted by atomic mass is 10.2. The van der Waals surface area contributed by atoms with Crippen LogP contribution in [0.3, 0.4) is 0 Å². The number of carbonyl (C=O) groups is 1. The van der Waals surface area contributed by atoms with Crippen LogP contribution in [0.2, 0.25) is 5.02 Å². The molecule has 5 nitrogen and oxygen atoms in total. The van der Waals surface area contributed by atoms with Gasteiger partial charge in [0.25, 0.3) is 5.91 Å². The molecule has 3 rings (SSSR count). The number of aryl methyl sites for hydroxylation is 1. The molecule has 0 radical (unpaired) electrons. The number of carbonyl (C=O) groups excluding carboxylic acids is 1. The van der Waals surface area contributed by atoms with E-state index in [2.05, 4.69) is 4.90 Å². The molecule has 0 atom stereocenters. The van der Waals surface area contributed by atoms with Crippen molar-refractivity contribution in [2.75, 3.05) is 44.8 Å². The van der Waals surface area contributed by atoms with Crippen molar-refractivity contribution < 1.29 is 14.3 Å². The Labute approximate surface area is 159 Å². The van der Waals surface area contributed by atoms with Gasteiger partial charge in [-0.3, -0.25) is 4.79 Å². The van der Waals surface area contributed by atoms with Gasteiger partial charge in [0, 0.05) is 31.2 Å². The number of amides is 1. The highest BCUT2D eigenvalue weighted by Crippen LogP contribution is 2.31. The van der Waals surface area contributed by atoms with E-state index in [4.69, 9.17) is 21.1 Å². The molecule has 2 aromatic rings. The van der Waals surface area contributed by atoms with Gasteiger partial charge >= 0.3 is 0 Å². The molecule has 0 N–H and O–H groups in total. The van der Waals surface area contributed by atoms with Crippen LogP contribution in [0, 0.1) is 6.92 Å². The summed E-state index contributed by atoms with van der Waals surface area (Å²) in [6.45, 7) is 4.82. The summed E-state index contributed by atoms with van der Waals surface area (Å²) in [5.41, 5.74) is 2.12. The summed E-state index contributed by atoms with van der Waals surface area (Å²) in [7, 11) is 1.65. The summed E-state index contributed by atoms with van der Waals surface area (Å²) < 4.78 is 11.0. The predicted molar refractivity (Wildman–Crippen MR) is 103 cm³/mol. The second-order valence-electron chi connectivity index (χ2n) is 6.29. The number of methoxy groups -OCH3 is 1. The van der Waals surface area contributed by atoms with E-state index in [0.717, 1.165) is 30.1 Å². The van der Waals surface area contributed by atoms with E-state index in [1.807, 2.05) is 54.3 Å². The summed E-state index contributed by atoms with van der Waals surface area (Å²) in [6, 6.07) is 13.3. The standard InChI is InChI=1S/C20H23ClN2O3/c1-15-3-6-17(7-4-15)26-14-20(24)23-11-9-22(10-12-23)18-13-16(21)5-8-19(18)25-2/h3-8,13H,9-12,14H2,1-2H3. The lowest BCUT2D eigenvalue weighted by Crippen LogP contribution is -2.50. The van der Waals surface area contributed by atoms with Crippen molar-refractivity contribution in [2.24, 2.45) is 0 Å². The van der Waals surface area contributed by atoms with Crippen LogP contribution in [-0.2, 0) is 4.79 Å². The smallest absolute Gasteiger partial charge is 0.260 e. The number of hydrogen-bond donors (Lipinski definition) is 0. The number of rotatable bonds is 5. The summed E-state index contributed by atoms with van der Waals surface area (Å²) in [6.07, 6.45) is 0. The van der Waals surface area contributed by atoms with E-state index < -0.39 is 0 Å². The third-order valence-electron chi connectivity index (χ3n) is 4.50. The molecule has 26 heavy (non-hydrogen) atoms. The summed E-state index contributed by atoms with van der Waals surface area (Å²) in [5.74, 6) is 1.51. The molecule has 1 amide bonds. The fourth-order valence-electron chi connectivity index (χ4n) is 2.98. The Balaban J connectivity index is 1.54. The molecule has 0 saturated carbocycles. The maximum atomic E-state index is 12.4. The molecule has 1 saturated heterocycles. The number of piperazine rings is 1. The molecule has 1 aliphatic rings. The molecule has 6 heteroatoms. The summed E-state index contributed by atoms with van der Waals surface area (Å²) in [5, 5.41) is 0.672. The number of halogens is 1. The molecule has 138 valence electrons. The maximum absolute atomic E-state index is 12.4. The van der Waals surface area contributed by atoms with Gasteiger partial charge in [-0.05, 0) is 37.3 Å². The molecule has 1 aliphatic heterocycles. The first-order chi connectivity index (χ1) is 12.6. The normalized spacial score (nSPS) is 14.3. The van der Waals surface area contributed by atoms with Crippen LogP contribution >= 0.6 is 11.6 Å². The van der Waals surface area contributed by atoms with Crippen LogP contribution in [0.1, 0.15) is 5.56 Å². The molecule has 0 aliphatic carbocycles. The average Bonchev–Trinajstić information content (AvgIpc) is 2.67. The Hall–Kier alpha value is -2.40. The monoisotopic (exact) mass is 374 g/mol. The Morgan fingerprint density at radius 1 is 1.08 bits per heavy atom. The second-order valence-corrected chi connectivity index (χ2v) is 6.72. The van der Waals surface area contributed by atoms with Gasteiger partial charge in [-0.2, -0.15) is 0 Å². The molecular formula is C20H23ClN2O3. The summed E-state index contributed by atoms with van der Waals surface area (Å²) in [4.78, 5) is 16.4. The lowest BCUT2D eigenvalue weighted by molar-refractivity contribution is -0.133. The molecule has 1 heterocycles. The maximum Gasteiger partial charge on any atom is 0.260 e. The molecule has 2 aromatic carbocycles. The highest BCUT2D eigenvalue weighted by molar-refractivity contribution is 6.30. The second kappa shape index (κ2) is 8.32. The Bertz CT molecular complexity index is 756. The van der Waals surface area contributed by atoms with Crippen LogP contribution < -0.4 is 14.4 Å². The van der Waals surface area contributed by atoms with Crippen LogP contribution in [0.25, 0.3) is 0 Å². The fourth-order valence-corrected chi connectivity index (χ4v) is 3.14. The zero-order chi connectivity index (χ0) is 18.5. The molecular weight excluding hydrogens is 352 g/mol. The highest BCUT2D eigenvalue weighted by atomic mass is 35.5. The van der Waals surface area contributed by atoms with Gasteiger partial charge in [-0.1, -0.05) is 29.3 Å². The minimum atomic E-state index is 0.00304. The highest BCUT2D eigenvalue weighted by Gasteiger charge is 2.23. The number of benzene rings is 2. The zero-order valence-electron chi connectivity index (χ0n) is 15.1. The predicted octanol–water partition coefficient (Wildman–Crippen LogP) is 3.38. The third-order valence-corrected chi connectivity index (χ3v) is 4.73. The van der Waals surface area contributed by atoms with Gasteiger partial charge in [0.15, 0.2) is 6.61 Å². The van der Waals surface area contributed by atoms with Gasteiger partial charge in [-0.25, -0.2) is 0 Å². The van der Waals surface area contributed by atoms with E-state index in [1.165, 1.54) is 0 Å². The van der Waals surface area contributed by atoms with Crippen LogP contribution in [0.15, 0.2) is 42.5 Å². The molecule has 0 spiro atoms.